The topological polar surface area (TPSA) is 55.6 Å². The molecule has 4 nitrogen and oxygen atoms in total. The number of nitrogens with zero attached hydrogens (tertiary/aromatic N) is 1. The molecule has 1 aliphatic rings. The largest absolute Gasteiger partial charge is 0.468 e. The Balaban J connectivity index is 2.32. The Labute approximate surface area is 92.9 Å². The van der Waals surface area contributed by atoms with Gasteiger partial charge in [-0.1, -0.05) is 15.9 Å². The van der Waals surface area contributed by atoms with Crippen molar-refractivity contribution < 1.29 is 9.53 Å². The predicted octanol–water partition coefficient (Wildman–Crippen LogP) is 0.346. The van der Waals surface area contributed by atoms with Crippen molar-refractivity contribution in [1.29, 1.82) is 0 Å². The van der Waals surface area contributed by atoms with Crippen molar-refractivity contribution in [1.82, 2.24) is 4.90 Å². The first-order valence-corrected chi connectivity index (χ1v) is 5.75. The molecule has 1 rings (SSSR count). The van der Waals surface area contributed by atoms with Crippen molar-refractivity contribution in [3.05, 3.63) is 0 Å². The van der Waals surface area contributed by atoms with Gasteiger partial charge in [0, 0.05) is 19.1 Å². The summed E-state index contributed by atoms with van der Waals surface area (Å²) < 4.78 is 4.64. The van der Waals surface area contributed by atoms with Gasteiger partial charge in [0.1, 0.15) is 4.83 Å². The van der Waals surface area contributed by atoms with Crippen LogP contribution >= 0.6 is 15.9 Å². The Hall–Kier alpha value is -0.130. The van der Waals surface area contributed by atoms with Gasteiger partial charge in [0.05, 0.1) is 7.11 Å². The maximum absolute atomic E-state index is 11.1. The molecule has 0 aromatic heterocycles. The van der Waals surface area contributed by atoms with E-state index in [1.54, 1.807) is 0 Å². The van der Waals surface area contributed by atoms with E-state index in [9.17, 15) is 4.79 Å². The first-order valence-electron chi connectivity index (χ1n) is 4.83. The second-order valence-corrected chi connectivity index (χ2v) is 4.76. The number of hydrogen-bond acceptors (Lipinski definition) is 4. The van der Waals surface area contributed by atoms with Gasteiger partial charge in [-0.05, 0) is 19.4 Å². The highest BCUT2D eigenvalue weighted by molar-refractivity contribution is 9.10. The summed E-state index contributed by atoms with van der Waals surface area (Å²) >= 11 is 3.30. The van der Waals surface area contributed by atoms with Gasteiger partial charge in [0.2, 0.25) is 0 Å². The molecule has 0 saturated carbocycles. The summed E-state index contributed by atoms with van der Waals surface area (Å²) in [6, 6.07) is 0.251. The maximum Gasteiger partial charge on any atom is 0.320 e. The molecule has 2 unspecified atom stereocenters. The molecule has 0 bridgehead atoms. The molecular formula is C9H17BrN2O2. The molecule has 2 atom stereocenters. The van der Waals surface area contributed by atoms with Crippen molar-refractivity contribution in [2.75, 3.05) is 26.7 Å². The van der Waals surface area contributed by atoms with Crippen LogP contribution in [0.1, 0.15) is 12.8 Å². The lowest BCUT2D eigenvalue weighted by Gasteiger charge is -2.31. The van der Waals surface area contributed by atoms with Crippen LogP contribution in [0.3, 0.4) is 0 Å². The Morgan fingerprint density at radius 2 is 2.50 bits per heavy atom. The monoisotopic (exact) mass is 264 g/mol. The lowest BCUT2D eigenvalue weighted by molar-refractivity contribution is -0.140. The second-order valence-electron chi connectivity index (χ2n) is 3.65. The van der Waals surface area contributed by atoms with Gasteiger partial charge < -0.3 is 15.4 Å². The number of nitrogens with two attached hydrogens (primary N) is 1. The van der Waals surface area contributed by atoms with Crippen LogP contribution < -0.4 is 5.73 Å². The number of methoxy groups -OCH3 is 1. The summed E-state index contributed by atoms with van der Waals surface area (Å²) in [6.45, 7) is 2.58. The van der Waals surface area contributed by atoms with Crippen molar-refractivity contribution in [3.63, 3.8) is 0 Å². The number of hydrogen-bond donors (Lipinski definition) is 1. The highest BCUT2D eigenvalue weighted by Crippen LogP contribution is 2.11. The Kier molecular flexibility index (Phi) is 4.84. The Bertz CT molecular complexity index is 201. The number of esters is 1. The second kappa shape index (κ2) is 5.68. The van der Waals surface area contributed by atoms with Crippen LogP contribution in [0.15, 0.2) is 0 Å². The van der Waals surface area contributed by atoms with Crippen LogP contribution in [0.5, 0.6) is 0 Å². The van der Waals surface area contributed by atoms with Gasteiger partial charge in [0.25, 0.3) is 0 Å². The molecule has 0 amide bonds. The minimum atomic E-state index is -0.238. The van der Waals surface area contributed by atoms with E-state index < -0.39 is 0 Å². The molecule has 1 saturated heterocycles. The molecule has 0 aromatic rings. The summed E-state index contributed by atoms with van der Waals surface area (Å²) in [5.41, 5.74) is 5.84. The highest BCUT2D eigenvalue weighted by atomic mass is 79.9. The van der Waals surface area contributed by atoms with Crippen molar-refractivity contribution >= 4 is 21.9 Å². The molecule has 0 spiro atoms. The van der Waals surface area contributed by atoms with Crippen LogP contribution in [0.2, 0.25) is 0 Å². The number of carbonyl (C=O) groups is 1. The third-order valence-electron chi connectivity index (χ3n) is 2.42. The normalized spacial score (nSPS) is 25.8. The summed E-state index contributed by atoms with van der Waals surface area (Å²) in [5, 5.41) is 0. The molecule has 1 heterocycles. The highest BCUT2D eigenvalue weighted by Gasteiger charge is 2.22. The number of piperidine rings is 1. The predicted molar refractivity (Wildman–Crippen MR) is 58.4 cm³/mol. The number of alkyl halides is 1. The number of likely N-dealkylation sites (tertiary alicyclic amines) is 1. The smallest absolute Gasteiger partial charge is 0.320 e. The fraction of sp³-hybridized carbons (Fsp3) is 0.889. The van der Waals surface area contributed by atoms with Crippen molar-refractivity contribution in [2.24, 2.45) is 5.73 Å². The van der Waals surface area contributed by atoms with Crippen molar-refractivity contribution in [2.45, 2.75) is 23.7 Å². The molecule has 1 fully saturated rings. The summed E-state index contributed by atoms with van der Waals surface area (Å²) in [7, 11) is 1.40. The van der Waals surface area contributed by atoms with Gasteiger partial charge in [-0.15, -0.1) is 0 Å². The molecule has 0 radical (unpaired) electrons. The Morgan fingerprint density at radius 1 is 1.79 bits per heavy atom. The fourth-order valence-electron chi connectivity index (χ4n) is 1.69. The lowest BCUT2D eigenvalue weighted by atomic mass is 10.1. The summed E-state index contributed by atoms with van der Waals surface area (Å²) in [4.78, 5) is 13.1. The van der Waals surface area contributed by atoms with E-state index in [-0.39, 0.29) is 16.8 Å². The number of carbonyl (C=O) groups excluding carboxylic acids is 1. The van der Waals surface area contributed by atoms with E-state index in [0.717, 1.165) is 25.9 Å². The fourth-order valence-corrected chi connectivity index (χ4v) is 2.28. The maximum atomic E-state index is 11.1. The zero-order chi connectivity index (χ0) is 10.6. The van der Waals surface area contributed by atoms with Crippen LogP contribution in [-0.4, -0.2) is 48.5 Å². The third-order valence-corrected chi connectivity index (χ3v) is 3.08. The quantitative estimate of drug-likeness (QED) is 0.591. The number of rotatable bonds is 3. The van der Waals surface area contributed by atoms with Gasteiger partial charge in [-0.2, -0.15) is 0 Å². The SMILES string of the molecule is COC(=O)C(Br)CN1CCCC(N)C1. The van der Waals surface area contributed by atoms with Crippen LogP contribution in [-0.2, 0) is 9.53 Å². The van der Waals surface area contributed by atoms with Gasteiger partial charge in [-0.3, -0.25) is 4.79 Å². The standard InChI is InChI=1S/C9H17BrN2O2/c1-14-9(13)8(10)6-12-4-2-3-7(11)5-12/h7-8H,2-6,11H2,1H3. The average molecular weight is 265 g/mol. The van der Waals surface area contributed by atoms with E-state index in [0.29, 0.717) is 6.54 Å². The van der Waals surface area contributed by atoms with Gasteiger partial charge in [-0.25, -0.2) is 0 Å². The Morgan fingerprint density at radius 3 is 3.07 bits per heavy atom. The minimum Gasteiger partial charge on any atom is -0.468 e. The summed E-state index contributed by atoms with van der Waals surface area (Å²) in [5.74, 6) is -0.218. The van der Waals surface area contributed by atoms with Crippen LogP contribution in [0, 0.1) is 0 Å². The molecule has 5 heteroatoms. The molecule has 82 valence electrons. The number of halogens is 1. The van der Waals surface area contributed by atoms with E-state index in [2.05, 4.69) is 25.6 Å². The summed E-state index contributed by atoms with van der Waals surface area (Å²) in [6.07, 6.45) is 2.20. The zero-order valence-electron chi connectivity index (χ0n) is 8.41. The van der Waals surface area contributed by atoms with Crippen LogP contribution in [0.25, 0.3) is 0 Å². The average Bonchev–Trinajstić information content (AvgIpc) is 2.16. The molecule has 1 aliphatic heterocycles. The molecule has 14 heavy (non-hydrogen) atoms. The van der Waals surface area contributed by atoms with E-state index in [1.165, 1.54) is 7.11 Å². The van der Waals surface area contributed by atoms with Crippen LogP contribution in [0.4, 0.5) is 0 Å². The van der Waals surface area contributed by atoms with Gasteiger partial charge in [0.15, 0.2) is 0 Å². The first-order chi connectivity index (χ1) is 6.63. The zero-order valence-corrected chi connectivity index (χ0v) is 10.00. The molecule has 0 aliphatic carbocycles. The first kappa shape index (κ1) is 11.9. The number of ether oxygens (including phenoxy) is 1. The van der Waals surface area contributed by atoms with E-state index >= 15 is 0 Å². The van der Waals surface area contributed by atoms with E-state index in [1.807, 2.05) is 0 Å². The van der Waals surface area contributed by atoms with E-state index in [4.69, 9.17) is 5.73 Å². The lowest BCUT2D eigenvalue weighted by Crippen LogP contribution is -2.46. The molecule has 2 N–H and O–H groups in total. The third kappa shape index (κ3) is 3.55. The molecule has 0 aromatic carbocycles. The van der Waals surface area contributed by atoms with Crippen molar-refractivity contribution in [3.8, 4) is 0 Å². The minimum absolute atomic E-state index is 0.218. The van der Waals surface area contributed by atoms with Gasteiger partial charge >= 0.3 is 5.97 Å². The molecular weight excluding hydrogens is 248 g/mol.